The molecular formula is C24H36N4O2. The van der Waals surface area contributed by atoms with E-state index in [0.29, 0.717) is 18.8 Å². The van der Waals surface area contributed by atoms with E-state index >= 15 is 0 Å². The van der Waals surface area contributed by atoms with E-state index in [2.05, 4.69) is 24.2 Å². The number of aliphatic imine (C=N–C) groups is 1. The lowest BCUT2D eigenvalue weighted by Crippen LogP contribution is -2.64. The zero-order chi connectivity index (χ0) is 21.1. The van der Waals surface area contributed by atoms with Crippen LogP contribution in [-0.2, 0) is 4.84 Å². The number of amidine groups is 1. The second-order valence-corrected chi connectivity index (χ2v) is 9.45. The van der Waals surface area contributed by atoms with Crippen molar-refractivity contribution in [2.75, 3.05) is 40.4 Å². The Kier molecular flexibility index (Phi) is 6.44. The molecule has 4 bridgehead atoms. The van der Waals surface area contributed by atoms with Gasteiger partial charge in [-0.15, -0.1) is 5.06 Å². The second kappa shape index (κ2) is 9.06. The zero-order valence-electron chi connectivity index (χ0n) is 18.6. The van der Waals surface area contributed by atoms with Gasteiger partial charge in [-0.2, -0.15) is 0 Å². The van der Waals surface area contributed by atoms with Gasteiger partial charge in [0.05, 0.1) is 5.56 Å². The largest absolute Gasteiger partial charge is 0.362 e. The minimum Gasteiger partial charge on any atom is -0.362 e. The molecule has 4 aliphatic rings. The van der Waals surface area contributed by atoms with Gasteiger partial charge < -0.3 is 15.1 Å². The van der Waals surface area contributed by atoms with Crippen molar-refractivity contribution < 1.29 is 9.63 Å². The lowest BCUT2D eigenvalue weighted by atomic mass is 9.45. The van der Waals surface area contributed by atoms with Crippen molar-refractivity contribution in [3.63, 3.8) is 0 Å². The number of carbonyl (C=O) groups excluding carboxylic acids is 1. The van der Waals surface area contributed by atoms with Crippen molar-refractivity contribution >= 4 is 11.8 Å². The molecule has 5 rings (SSSR count). The topological polar surface area (TPSA) is 57.2 Å². The highest BCUT2D eigenvalue weighted by atomic mass is 16.7. The van der Waals surface area contributed by atoms with Crippen molar-refractivity contribution in [3.8, 4) is 0 Å². The molecule has 1 aromatic carbocycles. The molecule has 4 atom stereocenters. The van der Waals surface area contributed by atoms with Crippen LogP contribution in [0, 0.1) is 23.2 Å². The second-order valence-electron chi connectivity index (χ2n) is 9.45. The van der Waals surface area contributed by atoms with Gasteiger partial charge in [0.25, 0.3) is 0 Å². The number of nitrogens with zero attached hydrogens (tertiary/aromatic N) is 3. The van der Waals surface area contributed by atoms with Crippen molar-refractivity contribution in [2.24, 2.45) is 28.2 Å². The molecule has 4 fully saturated rings. The van der Waals surface area contributed by atoms with E-state index in [0.717, 1.165) is 30.0 Å². The Morgan fingerprint density at radius 3 is 2.80 bits per heavy atom. The van der Waals surface area contributed by atoms with Gasteiger partial charge >= 0.3 is 5.97 Å². The van der Waals surface area contributed by atoms with E-state index < -0.39 is 0 Å². The SMILES string of the molecule is CCCN(CNC(=NC)C12CC3CCC1[C@H](CN(C)C3)C2)OC(=O)c1ccccc1. The molecule has 2 heterocycles. The summed E-state index contributed by atoms with van der Waals surface area (Å²) < 4.78 is 0. The van der Waals surface area contributed by atoms with Crippen LogP contribution in [0.25, 0.3) is 0 Å². The van der Waals surface area contributed by atoms with E-state index in [1.807, 2.05) is 25.2 Å². The van der Waals surface area contributed by atoms with Gasteiger partial charge in [-0.05, 0) is 69.0 Å². The third-order valence-electron chi connectivity index (χ3n) is 7.37. The van der Waals surface area contributed by atoms with Crippen molar-refractivity contribution in [2.45, 2.75) is 39.0 Å². The molecule has 6 nitrogen and oxygen atoms in total. The third kappa shape index (κ3) is 4.12. The molecule has 2 aliphatic heterocycles. The maximum absolute atomic E-state index is 12.5. The molecule has 1 N–H and O–H groups in total. The van der Waals surface area contributed by atoms with Gasteiger partial charge in [-0.1, -0.05) is 25.1 Å². The van der Waals surface area contributed by atoms with Crippen molar-refractivity contribution in [1.82, 2.24) is 15.3 Å². The molecule has 0 spiro atoms. The zero-order valence-corrected chi connectivity index (χ0v) is 18.6. The van der Waals surface area contributed by atoms with Gasteiger partial charge in [0.2, 0.25) is 0 Å². The fourth-order valence-electron chi connectivity index (χ4n) is 6.25. The molecule has 0 aromatic heterocycles. The highest BCUT2D eigenvalue weighted by molar-refractivity contribution is 5.90. The monoisotopic (exact) mass is 412 g/mol. The first-order valence-corrected chi connectivity index (χ1v) is 11.5. The van der Waals surface area contributed by atoms with Crippen molar-refractivity contribution in [1.29, 1.82) is 0 Å². The summed E-state index contributed by atoms with van der Waals surface area (Å²) in [6.07, 6.45) is 6.05. The average molecular weight is 413 g/mol. The molecule has 1 aromatic rings. The highest BCUT2D eigenvalue weighted by Crippen LogP contribution is 2.61. The quantitative estimate of drug-likeness (QED) is 0.322. The number of hydrogen-bond donors (Lipinski definition) is 1. The highest BCUT2D eigenvalue weighted by Gasteiger charge is 2.60. The summed E-state index contributed by atoms with van der Waals surface area (Å²) in [7, 11) is 4.18. The predicted octanol–water partition coefficient (Wildman–Crippen LogP) is 3.41. The standard InChI is InChI=1S/C24H36N4O2/c1-4-12-28(30-22(29)19-8-6-5-7-9-19)17-26-23(25-2)24-13-18-10-11-21(24)20(14-24)16-27(3)15-18/h5-9,18,20-21H,4,10-17H2,1-3H3,(H,25,26)/t18?,20-,21?,24?/m0/s1. The Hall–Kier alpha value is -1.92. The van der Waals surface area contributed by atoms with Crippen LogP contribution in [-0.4, -0.2) is 62.2 Å². The number of hydroxylamine groups is 2. The number of fused-ring (bicyclic) bond motifs is 3. The maximum Gasteiger partial charge on any atom is 0.357 e. The molecule has 164 valence electrons. The van der Waals surface area contributed by atoms with Crippen molar-refractivity contribution in [3.05, 3.63) is 35.9 Å². The molecule has 30 heavy (non-hydrogen) atoms. The first-order valence-electron chi connectivity index (χ1n) is 11.5. The van der Waals surface area contributed by atoms with E-state index in [1.165, 1.54) is 38.8 Å². The van der Waals surface area contributed by atoms with Crippen LogP contribution in [0.5, 0.6) is 0 Å². The number of rotatable bonds is 7. The number of carbonyl (C=O) groups is 1. The van der Waals surface area contributed by atoms with Gasteiger partial charge in [-0.25, -0.2) is 4.79 Å². The summed E-state index contributed by atoms with van der Waals surface area (Å²) in [6, 6.07) is 9.18. The van der Waals surface area contributed by atoms with Gasteiger partial charge in [0, 0.05) is 32.1 Å². The fourth-order valence-corrected chi connectivity index (χ4v) is 6.25. The Balaban J connectivity index is 1.41. The molecule has 2 aliphatic carbocycles. The van der Waals surface area contributed by atoms with Crippen LogP contribution in [0.3, 0.4) is 0 Å². The first-order chi connectivity index (χ1) is 14.6. The summed E-state index contributed by atoms with van der Waals surface area (Å²) in [6.45, 7) is 5.69. The van der Waals surface area contributed by atoms with Gasteiger partial charge in [0.15, 0.2) is 0 Å². The number of nitrogens with one attached hydrogen (secondary N) is 1. The van der Waals surface area contributed by atoms with Gasteiger partial charge in [-0.3, -0.25) is 4.99 Å². The number of hydrogen-bond acceptors (Lipinski definition) is 5. The molecule has 2 saturated heterocycles. The molecule has 3 unspecified atom stereocenters. The van der Waals surface area contributed by atoms with Crippen LogP contribution in [0.1, 0.15) is 49.4 Å². The fraction of sp³-hybridized carbons (Fsp3) is 0.667. The summed E-state index contributed by atoms with van der Waals surface area (Å²) in [4.78, 5) is 25.5. The summed E-state index contributed by atoms with van der Waals surface area (Å²) in [5.74, 6) is 3.09. The lowest BCUT2D eigenvalue weighted by molar-refractivity contribution is -0.114. The van der Waals surface area contributed by atoms with Crippen LogP contribution >= 0.6 is 0 Å². The predicted molar refractivity (Wildman–Crippen MR) is 119 cm³/mol. The molecule has 6 heteroatoms. The van der Waals surface area contributed by atoms with Crippen LogP contribution in [0.2, 0.25) is 0 Å². The molecule has 2 saturated carbocycles. The Labute approximate surface area is 180 Å². The Morgan fingerprint density at radius 1 is 1.27 bits per heavy atom. The first kappa shape index (κ1) is 21.3. The van der Waals surface area contributed by atoms with E-state index in [-0.39, 0.29) is 11.4 Å². The van der Waals surface area contributed by atoms with E-state index in [1.54, 1.807) is 17.2 Å². The molecular weight excluding hydrogens is 376 g/mol. The normalized spacial score (nSPS) is 31.1. The summed E-state index contributed by atoms with van der Waals surface area (Å²) >= 11 is 0. The lowest BCUT2D eigenvalue weighted by Gasteiger charge is -2.62. The summed E-state index contributed by atoms with van der Waals surface area (Å²) in [5.41, 5.74) is 0.773. The third-order valence-corrected chi connectivity index (χ3v) is 7.37. The maximum atomic E-state index is 12.5. The minimum absolute atomic E-state index is 0.199. The van der Waals surface area contributed by atoms with E-state index in [4.69, 9.17) is 9.83 Å². The molecule has 0 radical (unpaired) electrons. The van der Waals surface area contributed by atoms with Crippen LogP contribution in [0.4, 0.5) is 0 Å². The Bertz CT molecular complexity index is 764. The average Bonchev–Trinajstić information content (AvgIpc) is 2.71. The number of benzene rings is 1. The Morgan fingerprint density at radius 2 is 2.07 bits per heavy atom. The smallest absolute Gasteiger partial charge is 0.357 e. The molecule has 0 amide bonds. The van der Waals surface area contributed by atoms with Gasteiger partial charge in [0.1, 0.15) is 12.5 Å². The van der Waals surface area contributed by atoms with Crippen LogP contribution < -0.4 is 5.32 Å². The van der Waals surface area contributed by atoms with E-state index in [9.17, 15) is 4.79 Å². The minimum atomic E-state index is -0.309. The van der Waals surface area contributed by atoms with Crippen LogP contribution in [0.15, 0.2) is 35.3 Å². The summed E-state index contributed by atoms with van der Waals surface area (Å²) in [5, 5.41) is 5.33.